The smallest absolute Gasteiger partial charge is 0.253 e. The largest absolute Gasteiger partial charge is 0.345 e. The van der Waals surface area contributed by atoms with Crippen LogP contribution >= 0.6 is 0 Å². The summed E-state index contributed by atoms with van der Waals surface area (Å²) in [4.78, 5) is 16.4. The molecule has 0 aliphatic heterocycles. The average molecular weight is 290 g/mol. The van der Waals surface area contributed by atoms with E-state index >= 15 is 0 Å². The van der Waals surface area contributed by atoms with E-state index in [-0.39, 0.29) is 11.5 Å². The lowest BCUT2D eigenvalue weighted by Crippen LogP contribution is -2.28. The Kier molecular flexibility index (Phi) is 4.31. The molecule has 1 unspecified atom stereocenters. The van der Waals surface area contributed by atoms with E-state index in [9.17, 15) is 13.6 Å². The molecule has 2 rings (SSSR count). The maximum Gasteiger partial charge on any atom is 0.253 e. The molecule has 1 aromatic heterocycles. The van der Waals surface area contributed by atoms with Gasteiger partial charge >= 0.3 is 0 Å². The molecule has 21 heavy (non-hydrogen) atoms. The Morgan fingerprint density at radius 1 is 1.19 bits per heavy atom. The van der Waals surface area contributed by atoms with E-state index in [0.717, 1.165) is 11.8 Å². The first kappa shape index (κ1) is 15.1. The lowest BCUT2D eigenvalue weighted by Gasteiger charge is -2.16. The number of benzene rings is 1. The molecule has 1 heterocycles. The van der Waals surface area contributed by atoms with Crippen molar-refractivity contribution < 1.29 is 13.6 Å². The molecule has 110 valence electrons. The van der Waals surface area contributed by atoms with Crippen LogP contribution in [0.5, 0.6) is 0 Å². The summed E-state index contributed by atoms with van der Waals surface area (Å²) in [5.74, 6) is -1.66. The maximum absolute atomic E-state index is 13.7. The van der Waals surface area contributed by atoms with Crippen molar-refractivity contribution in [2.75, 3.05) is 0 Å². The summed E-state index contributed by atoms with van der Waals surface area (Å²) < 4.78 is 26.6. The second-order valence-corrected chi connectivity index (χ2v) is 4.95. The molecule has 5 heteroatoms. The molecule has 1 aromatic carbocycles. The van der Waals surface area contributed by atoms with Crippen LogP contribution in [0.15, 0.2) is 30.3 Å². The summed E-state index contributed by atoms with van der Waals surface area (Å²) in [6, 6.07) is 6.15. The van der Waals surface area contributed by atoms with E-state index in [4.69, 9.17) is 0 Å². The Morgan fingerprint density at radius 2 is 1.90 bits per heavy atom. The van der Waals surface area contributed by atoms with Gasteiger partial charge in [0.25, 0.3) is 5.91 Å². The van der Waals surface area contributed by atoms with Crippen molar-refractivity contribution >= 4 is 5.91 Å². The lowest BCUT2D eigenvalue weighted by atomic mass is 10.1. The molecule has 0 saturated carbocycles. The standard InChI is InChI=1S/C16H16F2N2O/c1-9-4-6-14(11(3)19-9)16(21)20-10(2)13-7-5-12(17)8-15(13)18/h4-8,10H,1-3H3,(H,20,21). The zero-order chi connectivity index (χ0) is 15.6. The van der Waals surface area contributed by atoms with Crippen LogP contribution in [0.25, 0.3) is 0 Å². The molecule has 0 fully saturated rings. The summed E-state index contributed by atoms with van der Waals surface area (Å²) in [6.45, 7) is 5.22. The van der Waals surface area contributed by atoms with Crippen molar-refractivity contribution in [2.45, 2.75) is 26.8 Å². The van der Waals surface area contributed by atoms with Gasteiger partial charge in [0.15, 0.2) is 0 Å². The number of rotatable bonds is 3. The Labute approximate surface area is 122 Å². The SMILES string of the molecule is Cc1ccc(C(=O)NC(C)c2ccc(F)cc2F)c(C)n1. The van der Waals surface area contributed by atoms with Gasteiger partial charge in [-0.3, -0.25) is 9.78 Å². The summed E-state index contributed by atoms with van der Waals surface area (Å²) in [6.07, 6.45) is 0. The highest BCUT2D eigenvalue weighted by Crippen LogP contribution is 2.18. The number of nitrogens with one attached hydrogen (secondary N) is 1. The van der Waals surface area contributed by atoms with Gasteiger partial charge in [0, 0.05) is 17.3 Å². The predicted octanol–water partition coefficient (Wildman–Crippen LogP) is 3.47. The number of aromatic nitrogens is 1. The van der Waals surface area contributed by atoms with Gasteiger partial charge in [-0.05, 0) is 39.0 Å². The van der Waals surface area contributed by atoms with Crippen molar-refractivity contribution in [2.24, 2.45) is 0 Å². The second-order valence-electron chi connectivity index (χ2n) is 4.95. The molecule has 0 aliphatic carbocycles. The predicted molar refractivity (Wildman–Crippen MR) is 76.0 cm³/mol. The minimum atomic E-state index is -0.679. The topological polar surface area (TPSA) is 42.0 Å². The van der Waals surface area contributed by atoms with Crippen LogP contribution in [0.1, 0.15) is 40.3 Å². The first-order valence-corrected chi connectivity index (χ1v) is 6.58. The fraction of sp³-hybridized carbons (Fsp3) is 0.250. The van der Waals surface area contributed by atoms with E-state index in [0.29, 0.717) is 11.3 Å². The van der Waals surface area contributed by atoms with E-state index in [1.807, 2.05) is 6.92 Å². The fourth-order valence-corrected chi connectivity index (χ4v) is 2.13. The number of pyridine rings is 1. The first-order chi connectivity index (χ1) is 9.88. The van der Waals surface area contributed by atoms with Crippen LogP contribution in [0.2, 0.25) is 0 Å². The van der Waals surface area contributed by atoms with Gasteiger partial charge in [0.05, 0.1) is 17.3 Å². The number of carbonyl (C=O) groups is 1. The molecule has 0 bridgehead atoms. The summed E-state index contributed by atoms with van der Waals surface area (Å²) in [7, 11) is 0. The van der Waals surface area contributed by atoms with Crippen LogP contribution in [-0.2, 0) is 0 Å². The van der Waals surface area contributed by atoms with Gasteiger partial charge in [0.1, 0.15) is 11.6 Å². The van der Waals surface area contributed by atoms with Crippen molar-refractivity contribution in [1.82, 2.24) is 10.3 Å². The Morgan fingerprint density at radius 3 is 2.52 bits per heavy atom. The van der Waals surface area contributed by atoms with Crippen LogP contribution in [0, 0.1) is 25.5 Å². The number of hydrogen-bond donors (Lipinski definition) is 1. The summed E-state index contributed by atoms with van der Waals surface area (Å²) in [5, 5.41) is 2.69. The molecule has 1 amide bonds. The van der Waals surface area contributed by atoms with Gasteiger partial charge in [-0.2, -0.15) is 0 Å². The Balaban J connectivity index is 2.18. The molecule has 0 aliphatic rings. The average Bonchev–Trinajstić information content (AvgIpc) is 2.37. The third-order valence-electron chi connectivity index (χ3n) is 3.25. The van der Waals surface area contributed by atoms with E-state index in [1.165, 1.54) is 12.1 Å². The quantitative estimate of drug-likeness (QED) is 0.940. The van der Waals surface area contributed by atoms with Crippen molar-refractivity contribution in [3.63, 3.8) is 0 Å². The van der Waals surface area contributed by atoms with Crippen LogP contribution in [-0.4, -0.2) is 10.9 Å². The summed E-state index contributed by atoms with van der Waals surface area (Å²) >= 11 is 0. The van der Waals surface area contributed by atoms with Crippen molar-refractivity contribution in [1.29, 1.82) is 0 Å². The lowest BCUT2D eigenvalue weighted by molar-refractivity contribution is 0.0938. The normalized spacial score (nSPS) is 12.0. The van der Waals surface area contributed by atoms with E-state index in [1.54, 1.807) is 26.0 Å². The van der Waals surface area contributed by atoms with Gasteiger partial charge in [-0.25, -0.2) is 8.78 Å². The van der Waals surface area contributed by atoms with Crippen molar-refractivity contribution in [3.05, 3.63) is 64.5 Å². The fourth-order valence-electron chi connectivity index (χ4n) is 2.13. The minimum absolute atomic E-state index is 0.238. The molecule has 0 saturated heterocycles. The minimum Gasteiger partial charge on any atom is -0.345 e. The third kappa shape index (κ3) is 3.42. The third-order valence-corrected chi connectivity index (χ3v) is 3.25. The highest BCUT2D eigenvalue weighted by atomic mass is 19.1. The summed E-state index contributed by atoms with van der Waals surface area (Å²) in [5.41, 5.74) is 2.11. The van der Waals surface area contributed by atoms with Crippen LogP contribution in [0.4, 0.5) is 8.78 Å². The number of nitrogens with zero attached hydrogens (tertiary/aromatic N) is 1. The first-order valence-electron chi connectivity index (χ1n) is 6.58. The number of halogens is 2. The number of hydrogen-bond acceptors (Lipinski definition) is 2. The van der Waals surface area contributed by atoms with Gasteiger partial charge in [-0.1, -0.05) is 6.07 Å². The van der Waals surface area contributed by atoms with Gasteiger partial charge in [-0.15, -0.1) is 0 Å². The molecule has 0 radical (unpaired) electrons. The second kappa shape index (κ2) is 5.99. The van der Waals surface area contributed by atoms with Crippen LogP contribution < -0.4 is 5.32 Å². The zero-order valence-corrected chi connectivity index (χ0v) is 12.1. The number of carbonyl (C=O) groups excluding carboxylic acids is 1. The van der Waals surface area contributed by atoms with E-state index in [2.05, 4.69) is 10.3 Å². The zero-order valence-electron chi connectivity index (χ0n) is 12.1. The molecule has 0 spiro atoms. The molecule has 1 atom stereocenters. The molecular weight excluding hydrogens is 274 g/mol. The van der Waals surface area contributed by atoms with Crippen molar-refractivity contribution in [3.8, 4) is 0 Å². The number of aryl methyl sites for hydroxylation is 2. The maximum atomic E-state index is 13.7. The number of amides is 1. The highest BCUT2D eigenvalue weighted by Gasteiger charge is 2.17. The van der Waals surface area contributed by atoms with E-state index < -0.39 is 17.7 Å². The molecular formula is C16H16F2N2O. The monoisotopic (exact) mass is 290 g/mol. The Hall–Kier alpha value is -2.30. The van der Waals surface area contributed by atoms with Gasteiger partial charge in [0.2, 0.25) is 0 Å². The molecule has 2 aromatic rings. The van der Waals surface area contributed by atoms with Gasteiger partial charge < -0.3 is 5.32 Å². The highest BCUT2D eigenvalue weighted by molar-refractivity contribution is 5.95. The molecule has 3 nitrogen and oxygen atoms in total. The Bertz CT molecular complexity index is 686. The van der Waals surface area contributed by atoms with Crippen LogP contribution in [0.3, 0.4) is 0 Å². The molecule has 1 N–H and O–H groups in total.